The van der Waals surface area contributed by atoms with Crippen molar-refractivity contribution in [1.29, 1.82) is 0 Å². The van der Waals surface area contributed by atoms with Crippen LogP contribution in [0.5, 0.6) is 0 Å². The van der Waals surface area contributed by atoms with Gasteiger partial charge in [-0.3, -0.25) is 0 Å². The van der Waals surface area contributed by atoms with Crippen LogP contribution < -0.4 is 0 Å². The summed E-state index contributed by atoms with van der Waals surface area (Å²) in [6.07, 6.45) is 18.8. The summed E-state index contributed by atoms with van der Waals surface area (Å²) in [6.45, 7) is 16.0. The fraction of sp³-hybridized carbons (Fsp3) is 0.533. The van der Waals surface area contributed by atoms with Crippen molar-refractivity contribution in [3.05, 3.63) is 59.3 Å². The van der Waals surface area contributed by atoms with Gasteiger partial charge in [0.05, 0.1) is 0 Å². The summed E-state index contributed by atoms with van der Waals surface area (Å²) in [4.78, 5) is 0. The van der Waals surface area contributed by atoms with Gasteiger partial charge in [-0.05, 0) is 110 Å². The van der Waals surface area contributed by atoms with Crippen molar-refractivity contribution in [1.82, 2.24) is 0 Å². The minimum Gasteiger partial charge on any atom is -0.374 e. The van der Waals surface area contributed by atoms with E-state index in [0.717, 1.165) is 32.1 Å². The third-order valence-corrected chi connectivity index (χ3v) is 4.78. The maximum absolute atomic E-state index is 10.4. The molecule has 176 valence electrons. The minimum absolute atomic E-state index is 0.553. The predicted octanol–water partition coefficient (Wildman–Crippen LogP) is 7.07. The first kappa shape index (κ1) is 29.7. The summed E-state index contributed by atoms with van der Waals surface area (Å²) < 4.78 is 0. The van der Waals surface area contributed by atoms with E-state index in [9.17, 15) is 10.2 Å². The average molecular weight is 437 g/mol. The van der Waals surface area contributed by atoms with Crippen molar-refractivity contribution < 1.29 is 10.2 Å². The zero-order chi connectivity index (χ0) is 24.6. The van der Waals surface area contributed by atoms with Crippen LogP contribution in [0.2, 0.25) is 0 Å². The van der Waals surface area contributed by atoms with Gasteiger partial charge in [0.2, 0.25) is 0 Å². The van der Waals surface area contributed by atoms with Crippen molar-refractivity contribution in [3.8, 4) is 23.7 Å². The molecule has 0 amide bonds. The van der Waals surface area contributed by atoms with E-state index in [1.165, 1.54) is 16.7 Å². The van der Waals surface area contributed by atoms with Gasteiger partial charge in [-0.25, -0.2) is 0 Å². The molecule has 0 bridgehead atoms. The Bertz CT molecular complexity index is 829. The Hall–Kier alpha value is -2.26. The molecule has 0 heterocycles. The van der Waals surface area contributed by atoms with Crippen molar-refractivity contribution in [2.45, 2.75) is 98.7 Å². The minimum atomic E-state index is -1.27. The lowest BCUT2D eigenvalue weighted by Crippen LogP contribution is -2.18. The van der Waals surface area contributed by atoms with E-state index < -0.39 is 11.2 Å². The van der Waals surface area contributed by atoms with Crippen molar-refractivity contribution in [2.75, 3.05) is 0 Å². The number of aliphatic hydroxyl groups is 2. The highest BCUT2D eigenvalue weighted by atomic mass is 16.3. The van der Waals surface area contributed by atoms with Gasteiger partial charge in [-0.2, -0.15) is 0 Å². The molecule has 0 aliphatic carbocycles. The Morgan fingerprint density at radius 1 is 0.844 bits per heavy atom. The predicted molar refractivity (Wildman–Crippen MR) is 140 cm³/mol. The highest BCUT2D eigenvalue weighted by Gasteiger charge is 2.12. The van der Waals surface area contributed by atoms with Crippen LogP contribution in [0.1, 0.15) is 87.5 Å². The maximum atomic E-state index is 10.4. The molecule has 0 rings (SSSR count). The zero-order valence-electron chi connectivity index (χ0n) is 21.5. The normalized spacial score (nSPS) is 16.2. The van der Waals surface area contributed by atoms with Gasteiger partial charge < -0.3 is 10.2 Å². The van der Waals surface area contributed by atoms with Crippen molar-refractivity contribution in [2.24, 2.45) is 5.92 Å². The quantitative estimate of drug-likeness (QED) is 0.206. The molecule has 0 saturated heterocycles. The molecule has 2 N–H and O–H groups in total. The molecule has 0 aromatic heterocycles. The molecule has 0 fully saturated rings. The molecule has 3 unspecified atom stereocenters. The summed E-state index contributed by atoms with van der Waals surface area (Å²) in [7, 11) is 0. The van der Waals surface area contributed by atoms with Crippen LogP contribution in [0, 0.1) is 29.6 Å². The lowest BCUT2D eigenvalue weighted by Gasteiger charge is -2.11. The summed E-state index contributed by atoms with van der Waals surface area (Å²) >= 11 is 0. The Balaban J connectivity index is 4.73. The van der Waals surface area contributed by atoms with Crippen LogP contribution in [-0.2, 0) is 0 Å². The first-order valence-corrected chi connectivity index (χ1v) is 11.6. The zero-order valence-corrected chi connectivity index (χ0v) is 21.5. The molecular weight excluding hydrogens is 392 g/mol. The molecule has 0 aliphatic rings. The second-order valence-electron chi connectivity index (χ2n) is 9.59. The van der Waals surface area contributed by atoms with Gasteiger partial charge in [0.15, 0.2) is 0 Å². The third kappa shape index (κ3) is 18.5. The molecule has 0 radical (unpaired) electrons. The van der Waals surface area contributed by atoms with Crippen LogP contribution >= 0.6 is 0 Å². The second kappa shape index (κ2) is 15.5. The lowest BCUT2D eigenvalue weighted by molar-refractivity contribution is 0.173. The molecule has 3 atom stereocenters. The summed E-state index contributed by atoms with van der Waals surface area (Å²) in [5.41, 5.74) is 1.42. The molecule has 2 nitrogen and oxygen atoms in total. The first-order chi connectivity index (χ1) is 14.8. The van der Waals surface area contributed by atoms with E-state index in [1.807, 2.05) is 18.2 Å². The molecule has 0 saturated carbocycles. The van der Waals surface area contributed by atoms with Crippen molar-refractivity contribution >= 4 is 0 Å². The van der Waals surface area contributed by atoms with Crippen LogP contribution in [0.3, 0.4) is 0 Å². The lowest BCUT2D eigenvalue weighted by atomic mass is 9.99. The Morgan fingerprint density at radius 2 is 1.38 bits per heavy atom. The van der Waals surface area contributed by atoms with E-state index >= 15 is 0 Å². The monoisotopic (exact) mass is 436 g/mol. The number of hydrogen-bond acceptors (Lipinski definition) is 2. The Kier molecular flexibility index (Phi) is 14.4. The van der Waals surface area contributed by atoms with E-state index in [2.05, 4.69) is 77.4 Å². The average Bonchev–Trinajstić information content (AvgIpc) is 2.64. The van der Waals surface area contributed by atoms with Crippen LogP contribution in [0.4, 0.5) is 0 Å². The number of rotatable bonds is 11. The van der Waals surface area contributed by atoms with E-state index in [0.29, 0.717) is 5.92 Å². The fourth-order valence-corrected chi connectivity index (χ4v) is 2.77. The van der Waals surface area contributed by atoms with Crippen molar-refractivity contribution in [3.63, 3.8) is 0 Å². The summed E-state index contributed by atoms with van der Waals surface area (Å²) in [6, 6.07) is 0. The third-order valence-electron chi connectivity index (χ3n) is 4.78. The molecular formula is C30H44O2. The molecule has 32 heavy (non-hydrogen) atoms. The number of allylic oxidation sites excluding steroid dienone is 8. The molecule has 0 aliphatic heterocycles. The maximum Gasteiger partial charge on any atom is 0.142 e. The standard InChI is InChI=1S/C30H44O2/c1-25(2)15-11-17-27(5)19-13-23-29(7,31)21-9-10-22-30(8,32)24-14-20-28(6)18-12-16-26(3)4/h13-16,19,23-24,28,31-32H,11-12,17-18,20H2,1-8H3. The summed E-state index contributed by atoms with van der Waals surface area (Å²) in [5, 5.41) is 20.8. The van der Waals surface area contributed by atoms with Gasteiger partial charge in [0.1, 0.15) is 11.2 Å². The molecule has 2 heteroatoms. The van der Waals surface area contributed by atoms with E-state index in [1.54, 1.807) is 26.0 Å². The fourth-order valence-electron chi connectivity index (χ4n) is 2.77. The highest BCUT2D eigenvalue weighted by Crippen LogP contribution is 2.14. The topological polar surface area (TPSA) is 40.5 Å². The van der Waals surface area contributed by atoms with Crippen LogP contribution in [0.15, 0.2) is 59.3 Å². The van der Waals surface area contributed by atoms with Crippen LogP contribution in [0.25, 0.3) is 0 Å². The largest absolute Gasteiger partial charge is 0.374 e. The smallest absolute Gasteiger partial charge is 0.142 e. The highest BCUT2D eigenvalue weighted by molar-refractivity contribution is 5.36. The first-order valence-electron chi connectivity index (χ1n) is 11.6. The van der Waals surface area contributed by atoms with E-state index in [-0.39, 0.29) is 0 Å². The SMILES string of the molecule is CC(C)=CCCC(C)=CC=CC(C)(O)C#CC#CC(C)(O)C=CCC(C)CCC=C(C)C. The molecule has 0 aromatic rings. The second-order valence-corrected chi connectivity index (χ2v) is 9.59. The van der Waals surface area contributed by atoms with Gasteiger partial charge in [-0.15, -0.1) is 0 Å². The van der Waals surface area contributed by atoms with Gasteiger partial charge >= 0.3 is 0 Å². The Morgan fingerprint density at radius 3 is 1.94 bits per heavy atom. The van der Waals surface area contributed by atoms with Crippen LogP contribution in [-0.4, -0.2) is 21.4 Å². The summed E-state index contributed by atoms with van der Waals surface area (Å²) in [5.74, 6) is 11.4. The molecule has 0 spiro atoms. The Labute approximate surface area is 197 Å². The van der Waals surface area contributed by atoms with Gasteiger partial charge in [0, 0.05) is 0 Å². The number of hydrogen-bond donors (Lipinski definition) is 2. The van der Waals surface area contributed by atoms with E-state index in [4.69, 9.17) is 0 Å². The van der Waals surface area contributed by atoms with Gasteiger partial charge in [0.25, 0.3) is 0 Å². The molecule has 0 aromatic carbocycles. The van der Waals surface area contributed by atoms with Gasteiger partial charge in [-0.1, -0.05) is 65.9 Å².